The number of rotatable bonds is 9. The number of anilines is 1. The standard InChI is InChI=1S/C27H24ClN5O5S/c1-19-14-21(20(2)32(19)24-10-6-8-22(28)15-24)17-29-30-27(34)18-31(23-9-7-11-25(16-23)33(35)36)39(37,38)26-12-4-3-5-13-26/h3-17H,18H2,1-2H3,(H,30,34)/b29-17-. The summed E-state index contributed by atoms with van der Waals surface area (Å²) in [5.74, 6) is -0.735. The Morgan fingerprint density at radius 3 is 2.46 bits per heavy atom. The molecular formula is C27H24ClN5O5S. The van der Waals surface area contributed by atoms with Crippen LogP contribution in [0.4, 0.5) is 11.4 Å². The number of nitrogens with one attached hydrogen (secondary N) is 1. The average Bonchev–Trinajstić information content (AvgIpc) is 3.20. The van der Waals surface area contributed by atoms with Crippen molar-refractivity contribution in [2.24, 2.45) is 5.10 Å². The van der Waals surface area contributed by atoms with Crippen molar-refractivity contribution in [2.75, 3.05) is 10.8 Å². The Bertz CT molecular complexity index is 1670. The fraction of sp³-hybridized carbons (Fsp3) is 0.111. The zero-order chi connectivity index (χ0) is 28.2. The number of nitro benzene ring substituents is 1. The predicted octanol–water partition coefficient (Wildman–Crippen LogP) is 5.00. The van der Waals surface area contributed by atoms with E-state index < -0.39 is 27.4 Å². The van der Waals surface area contributed by atoms with Crippen LogP contribution in [0.3, 0.4) is 0 Å². The molecule has 0 unspecified atom stereocenters. The molecule has 39 heavy (non-hydrogen) atoms. The number of halogens is 1. The van der Waals surface area contributed by atoms with Crippen LogP contribution in [0, 0.1) is 24.0 Å². The van der Waals surface area contributed by atoms with Gasteiger partial charge in [-0.3, -0.25) is 19.2 Å². The molecule has 0 aliphatic carbocycles. The second-order valence-electron chi connectivity index (χ2n) is 8.54. The first-order chi connectivity index (χ1) is 18.6. The monoisotopic (exact) mass is 565 g/mol. The van der Waals surface area contributed by atoms with E-state index in [9.17, 15) is 23.3 Å². The van der Waals surface area contributed by atoms with Crippen molar-refractivity contribution < 1.29 is 18.1 Å². The molecule has 0 saturated carbocycles. The molecule has 1 aromatic heterocycles. The first-order valence-corrected chi connectivity index (χ1v) is 13.5. The Labute approximate surface area is 230 Å². The zero-order valence-corrected chi connectivity index (χ0v) is 22.6. The third-order valence-corrected chi connectivity index (χ3v) is 7.90. The molecule has 1 N–H and O–H groups in total. The minimum absolute atomic E-state index is 0.0303. The summed E-state index contributed by atoms with van der Waals surface area (Å²) >= 11 is 6.14. The van der Waals surface area contributed by atoms with E-state index in [-0.39, 0.29) is 16.3 Å². The number of non-ortho nitro benzene ring substituents is 1. The van der Waals surface area contributed by atoms with Gasteiger partial charge in [-0.1, -0.05) is 41.9 Å². The summed E-state index contributed by atoms with van der Waals surface area (Å²) < 4.78 is 29.6. The highest BCUT2D eigenvalue weighted by Crippen LogP contribution is 2.27. The van der Waals surface area contributed by atoms with Gasteiger partial charge in [0.2, 0.25) is 0 Å². The van der Waals surface area contributed by atoms with Gasteiger partial charge in [-0.2, -0.15) is 5.10 Å². The van der Waals surface area contributed by atoms with E-state index in [0.29, 0.717) is 5.02 Å². The molecule has 10 nitrogen and oxygen atoms in total. The summed E-state index contributed by atoms with van der Waals surface area (Å²) in [6.45, 7) is 3.17. The van der Waals surface area contributed by atoms with Crippen molar-refractivity contribution in [1.29, 1.82) is 0 Å². The highest BCUT2D eigenvalue weighted by atomic mass is 35.5. The second kappa shape index (κ2) is 11.5. The minimum Gasteiger partial charge on any atom is -0.318 e. The summed E-state index contributed by atoms with van der Waals surface area (Å²) in [6, 6.07) is 21.9. The predicted molar refractivity (Wildman–Crippen MR) is 150 cm³/mol. The van der Waals surface area contributed by atoms with Gasteiger partial charge in [0.15, 0.2) is 0 Å². The van der Waals surface area contributed by atoms with E-state index in [4.69, 9.17) is 11.6 Å². The number of hydrogen-bond donors (Lipinski definition) is 1. The maximum Gasteiger partial charge on any atom is 0.271 e. The molecule has 0 bridgehead atoms. The van der Waals surface area contributed by atoms with E-state index in [2.05, 4.69) is 10.5 Å². The Balaban J connectivity index is 1.58. The lowest BCUT2D eigenvalue weighted by molar-refractivity contribution is -0.384. The van der Waals surface area contributed by atoms with Gasteiger partial charge in [-0.15, -0.1) is 0 Å². The van der Waals surface area contributed by atoms with E-state index in [0.717, 1.165) is 33.0 Å². The van der Waals surface area contributed by atoms with Crippen LogP contribution in [0.1, 0.15) is 17.0 Å². The highest BCUT2D eigenvalue weighted by molar-refractivity contribution is 7.92. The summed E-state index contributed by atoms with van der Waals surface area (Å²) in [6.07, 6.45) is 1.46. The molecule has 4 aromatic rings. The number of hydrazone groups is 1. The number of nitro groups is 1. The summed E-state index contributed by atoms with van der Waals surface area (Å²) in [5, 5.41) is 15.9. The van der Waals surface area contributed by atoms with E-state index >= 15 is 0 Å². The van der Waals surface area contributed by atoms with Gasteiger partial charge in [0.25, 0.3) is 21.6 Å². The number of nitrogens with zero attached hydrogens (tertiary/aromatic N) is 4. The van der Waals surface area contributed by atoms with Crippen LogP contribution in [0.2, 0.25) is 5.02 Å². The van der Waals surface area contributed by atoms with Gasteiger partial charge < -0.3 is 4.57 Å². The highest BCUT2D eigenvalue weighted by Gasteiger charge is 2.28. The van der Waals surface area contributed by atoms with Gasteiger partial charge in [0.05, 0.1) is 21.7 Å². The van der Waals surface area contributed by atoms with Crippen molar-refractivity contribution in [3.63, 3.8) is 0 Å². The molecular weight excluding hydrogens is 542 g/mol. The van der Waals surface area contributed by atoms with Crippen molar-refractivity contribution in [2.45, 2.75) is 18.7 Å². The Morgan fingerprint density at radius 2 is 1.77 bits per heavy atom. The van der Waals surface area contributed by atoms with Crippen LogP contribution in [0.15, 0.2) is 94.9 Å². The fourth-order valence-corrected chi connectivity index (χ4v) is 5.69. The normalized spacial score (nSPS) is 11.5. The molecule has 12 heteroatoms. The third kappa shape index (κ3) is 6.16. The number of sulfonamides is 1. The minimum atomic E-state index is -4.23. The average molecular weight is 566 g/mol. The van der Waals surface area contributed by atoms with Crippen LogP contribution in [0.25, 0.3) is 5.69 Å². The maximum atomic E-state index is 13.4. The van der Waals surface area contributed by atoms with E-state index in [1.165, 1.54) is 36.5 Å². The lowest BCUT2D eigenvalue weighted by Gasteiger charge is -2.23. The second-order valence-corrected chi connectivity index (χ2v) is 10.8. The van der Waals surface area contributed by atoms with E-state index in [1.54, 1.807) is 24.3 Å². The number of amides is 1. The van der Waals surface area contributed by atoms with Crippen LogP contribution < -0.4 is 9.73 Å². The van der Waals surface area contributed by atoms with Crippen LogP contribution in [-0.4, -0.2) is 36.6 Å². The fourth-order valence-electron chi connectivity index (χ4n) is 4.07. The van der Waals surface area contributed by atoms with E-state index in [1.807, 2.05) is 42.7 Å². The van der Waals surface area contributed by atoms with Gasteiger partial charge in [0, 0.05) is 39.8 Å². The molecule has 1 heterocycles. The summed E-state index contributed by atoms with van der Waals surface area (Å²) in [4.78, 5) is 23.4. The molecule has 0 atom stereocenters. The topological polar surface area (TPSA) is 127 Å². The van der Waals surface area contributed by atoms with Crippen LogP contribution in [-0.2, 0) is 14.8 Å². The number of carbonyl (C=O) groups excluding carboxylic acids is 1. The van der Waals surface area contributed by atoms with Gasteiger partial charge in [0.1, 0.15) is 6.54 Å². The van der Waals surface area contributed by atoms with Gasteiger partial charge in [-0.05, 0) is 56.3 Å². The molecule has 0 aliphatic rings. The molecule has 4 rings (SSSR count). The molecule has 200 valence electrons. The lowest BCUT2D eigenvalue weighted by atomic mass is 10.2. The molecule has 1 amide bonds. The molecule has 0 spiro atoms. The smallest absolute Gasteiger partial charge is 0.271 e. The zero-order valence-electron chi connectivity index (χ0n) is 21.0. The molecule has 3 aromatic carbocycles. The van der Waals surface area contributed by atoms with Crippen LogP contribution >= 0.6 is 11.6 Å². The number of aromatic nitrogens is 1. The summed E-state index contributed by atoms with van der Waals surface area (Å²) in [7, 11) is -4.23. The molecule has 0 fully saturated rings. The number of benzene rings is 3. The van der Waals surface area contributed by atoms with Crippen molar-refractivity contribution in [1.82, 2.24) is 9.99 Å². The van der Waals surface area contributed by atoms with Crippen molar-refractivity contribution in [3.8, 4) is 5.69 Å². The Hall–Kier alpha value is -4.48. The molecule has 0 aliphatic heterocycles. The maximum absolute atomic E-state index is 13.4. The SMILES string of the molecule is Cc1cc(/C=N\NC(=O)CN(c2cccc([N+](=O)[O-])c2)S(=O)(=O)c2ccccc2)c(C)n1-c1cccc(Cl)c1. The number of carbonyl (C=O) groups is 1. The van der Waals surface area contributed by atoms with Crippen molar-refractivity contribution >= 4 is 45.1 Å². The van der Waals surface area contributed by atoms with Crippen molar-refractivity contribution in [3.05, 3.63) is 117 Å². The van der Waals surface area contributed by atoms with Gasteiger partial charge >= 0.3 is 0 Å². The quantitative estimate of drug-likeness (QED) is 0.173. The number of aryl methyl sites for hydroxylation is 1. The first-order valence-electron chi connectivity index (χ1n) is 11.7. The Morgan fingerprint density at radius 1 is 1.05 bits per heavy atom. The van der Waals surface area contributed by atoms with Gasteiger partial charge in [-0.25, -0.2) is 13.8 Å². The third-order valence-electron chi connectivity index (χ3n) is 5.88. The summed E-state index contributed by atoms with van der Waals surface area (Å²) in [5.41, 5.74) is 5.41. The molecule has 0 saturated heterocycles. The van der Waals surface area contributed by atoms with Crippen LogP contribution in [0.5, 0.6) is 0 Å². The molecule has 0 radical (unpaired) electrons. The first kappa shape index (κ1) is 27.6. The Kier molecular flexibility index (Phi) is 8.12. The largest absolute Gasteiger partial charge is 0.318 e. The number of hydrogen-bond acceptors (Lipinski definition) is 6. The lowest BCUT2D eigenvalue weighted by Crippen LogP contribution is -2.39.